The standard InChI is InChI=1S/C14H24N2O4/c1-10-11(3-8-20-10)9-15-13(19)16-6-4-14(2,5-7-16)12(17)18/h10-11H,3-9H2,1-2H3,(H,15,19)(H,17,18). The summed E-state index contributed by atoms with van der Waals surface area (Å²) in [7, 11) is 0. The molecule has 0 spiro atoms. The molecule has 0 saturated carbocycles. The fraction of sp³-hybridized carbons (Fsp3) is 0.857. The third-order valence-corrected chi connectivity index (χ3v) is 4.72. The van der Waals surface area contributed by atoms with Gasteiger partial charge in [-0.25, -0.2) is 4.79 Å². The fourth-order valence-electron chi connectivity index (χ4n) is 2.79. The van der Waals surface area contributed by atoms with Crippen LogP contribution in [0.3, 0.4) is 0 Å². The minimum absolute atomic E-state index is 0.0865. The Hall–Kier alpha value is -1.30. The summed E-state index contributed by atoms with van der Waals surface area (Å²) in [5, 5.41) is 12.1. The topological polar surface area (TPSA) is 78.9 Å². The second kappa shape index (κ2) is 5.99. The van der Waals surface area contributed by atoms with Crippen LogP contribution in [-0.4, -0.2) is 54.4 Å². The summed E-state index contributed by atoms with van der Waals surface area (Å²) in [5.74, 6) is -0.387. The van der Waals surface area contributed by atoms with Gasteiger partial charge in [0, 0.05) is 32.2 Å². The van der Waals surface area contributed by atoms with Crippen molar-refractivity contribution in [2.24, 2.45) is 11.3 Å². The summed E-state index contributed by atoms with van der Waals surface area (Å²) in [4.78, 5) is 24.9. The zero-order chi connectivity index (χ0) is 14.8. The van der Waals surface area contributed by atoms with Crippen LogP contribution in [0.4, 0.5) is 4.79 Å². The molecule has 0 bridgehead atoms. The van der Waals surface area contributed by atoms with Crippen molar-refractivity contribution in [1.29, 1.82) is 0 Å². The Morgan fingerprint density at radius 1 is 1.40 bits per heavy atom. The Morgan fingerprint density at radius 3 is 2.55 bits per heavy atom. The van der Waals surface area contributed by atoms with Crippen molar-refractivity contribution in [3.8, 4) is 0 Å². The van der Waals surface area contributed by atoms with E-state index in [0.717, 1.165) is 13.0 Å². The zero-order valence-electron chi connectivity index (χ0n) is 12.2. The first-order valence-corrected chi connectivity index (χ1v) is 7.30. The highest BCUT2D eigenvalue weighted by Gasteiger charge is 2.38. The Morgan fingerprint density at radius 2 is 2.05 bits per heavy atom. The van der Waals surface area contributed by atoms with Crippen LogP contribution in [0.25, 0.3) is 0 Å². The molecule has 2 amide bonds. The molecule has 2 atom stereocenters. The van der Waals surface area contributed by atoms with Crippen LogP contribution in [0.5, 0.6) is 0 Å². The van der Waals surface area contributed by atoms with Gasteiger partial charge in [-0.15, -0.1) is 0 Å². The smallest absolute Gasteiger partial charge is 0.317 e. The minimum Gasteiger partial charge on any atom is -0.481 e. The van der Waals surface area contributed by atoms with Crippen molar-refractivity contribution < 1.29 is 19.4 Å². The minimum atomic E-state index is -0.769. The number of carboxylic acids is 1. The van der Waals surface area contributed by atoms with Gasteiger partial charge in [0.1, 0.15) is 0 Å². The lowest BCUT2D eigenvalue weighted by Gasteiger charge is -2.36. The van der Waals surface area contributed by atoms with E-state index in [1.807, 2.05) is 6.92 Å². The quantitative estimate of drug-likeness (QED) is 0.819. The van der Waals surface area contributed by atoms with Crippen molar-refractivity contribution in [2.45, 2.75) is 39.2 Å². The highest BCUT2D eigenvalue weighted by molar-refractivity contribution is 5.76. The van der Waals surface area contributed by atoms with Crippen LogP contribution >= 0.6 is 0 Å². The van der Waals surface area contributed by atoms with Crippen LogP contribution in [-0.2, 0) is 9.53 Å². The maximum atomic E-state index is 12.1. The number of nitrogens with zero attached hydrogens (tertiary/aromatic N) is 1. The average Bonchev–Trinajstić information content (AvgIpc) is 2.82. The Labute approximate surface area is 119 Å². The maximum absolute atomic E-state index is 12.1. The van der Waals surface area contributed by atoms with Gasteiger partial charge in [0.25, 0.3) is 0 Å². The lowest BCUT2D eigenvalue weighted by molar-refractivity contribution is -0.150. The van der Waals surface area contributed by atoms with Gasteiger partial charge < -0.3 is 20.1 Å². The fourth-order valence-corrected chi connectivity index (χ4v) is 2.79. The molecule has 20 heavy (non-hydrogen) atoms. The molecule has 2 aliphatic heterocycles. The summed E-state index contributed by atoms with van der Waals surface area (Å²) >= 11 is 0. The average molecular weight is 284 g/mol. The number of hydrogen-bond donors (Lipinski definition) is 2. The number of carboxylic acid groups (broad SMARTS) is 1. The largest absolute Gasteiger partial charge is 0.481 e. The number of carbonyl (C=O) groups is 2. The second-order valence-electron chi connectivity index (χ2n) is 6.16. The molecule has 0 aromatic rings. The summed E-state index contributed by atoms with van der Waals surface area (Å²) in [6.45, 7) is 6.19. The SMILES string of the molecule is CC1OCCC1CNC(=O)N1CCC(C)(C(=O)O)CC1. The van der Waals surface area contributed by atoms with E-state index in [1.54, 1.807) is 11.8 Å². The van der Waals surface area contributed by atoms with Gasteiger partial charge in [0.05, 0.1) is 11.5 Å². The number of nitrogens with one attached hydrogen (secondary N) is 1. The van der Waals surface area contributed by atoms with E-state index in [0.29, 0.717) is 38.4 Å². The molecule has 0 aromatic heterocycles. The van der Waals surface area contributed by atoms with E-state index in [-0.39, 0.29) is 12.1 Å². The number of piperidine rings is 1. The number of hydrogen-bond acceptors (Lipinski definition) is 3. The van der Waals surface area contributed by atoms with E-state index in [9.17, 15) is 9.59 Å². The van der Waals surface area contributed by atoms with Gasteiger partial charge in [-0.05, 0) is 33.1 Å². The van der Waals surface area contributed by atoms with Gasteiger partial charge in [-0.3, -0.25) is 4.79 Å². The van der Waals surface area contributed by atoms with Gasteiger partial charge in [0.15, 0.2) is 0 Å². The molecule has 0 aliphatic carbocycles. The predicted octanol–water partition coefficient (Wildman–Crippen LogP) is 1.31. The third kappa shape index (κ3) is 3.23. The third-order valence-electron chi connectivity index (χ3n) is 4.72. The van der Waals surface area contributed by atoms with E-state index in [4.69, 9.17) is 9.84 Å². The molecule has 2 N–H and O–H groups in total. The molecular formula is C14H24N2O4. The lowest BCUT2D eigenvalue weighted by Crippen LogP contribution is -2.49. The van der Waals surface area contributed by atoms with Gasteiger partial charge in [0.2, 0.25) is 0 Å². The van der Waals surface area contributed by atoms with Crippen molar-refractivity contribution in [3.63, 3.8) is 0 Å². The molecule has 6 heteroatoms. The zero-order valence-corrected chi connectivity index (χ0v) is 12.2. The van der Waals surface area contributed by atoms with Gasteiger partial charge >= 0.3 is 12.0 Å². The molecule has 2 fully saturated rings. The summed E-state index contributed by atoms with van der Waals surface area (Å²) in [6.07, 6.45) is 2.21. The molecule has 0 radical (unpaired) electrons. The number of amides is 2. The van der Waals surface area contributed by atoms with E-state index in [1.165, 1.54) is 0 Å². The summed E-state index contributed by atoms with van der Waals surface area (Å²) in [5.41, 5.74) is -0.690. The normalized spacial score (nSPS) is 29.2. The molecule has 2 rings (SSSR count). The van der Waals surface area contributed by atoms with Crippen molar-refractivity contribution in [2.75, 3.05) is 26.2 Å². The first-order valence-electron chi connectivity index (χ1n) is 7.30. The monoisotopic (exact) mass is 284 g/mol. The first-order chi connectivity index (χ1) is 9.42. The molecular weight excluding hydrogens is 260 g/mol. The Bertz CT molecular complexity index is 377. The van der Waals surface area contributed by atoms with Crippen LogP contribution in [0, 0.1) is 11.3 Å². The first kappa shape index (κ1) is 15.1. The highest BCUT2D eigenvalue weighted by Crippen LogP contribution is 2.31. The number of rotatable bonds is 3. The second-order valence-corrected chi connectivity index (χ2v) is 6.16. The number of likely N-dealkylation sites (tertiary alicyclic amines) is 1. The van der Waals surface area contributed by atoms with Crippen LogP contribution < -0.4 is 5.32 Å². The Kier molecular flexibility index (Phi) is 4.52. The number of carbonyl (C=O) groups excluding carboxylic acids is 1. The molecule has 114 valence electrons. The maximum Gasteiger partial charge on any atom is 0.317 e. The predicted molar refractivity (Wildman–Crippen MR) is 73.5 cm³/mol. The Balaban J connectivity index is 1.76. The molecule has 2 saturated heterocycles. The molecule has 6 nitrogen and oxygen atoms in total. The van der Waals surface area contributed by atoms with Crippen molar-refractivity contribution in [3.05, 3.63) is 0 Å². The number of urea groups is 1. The summed E-state index contributed by atoms with van der Waals surface area (Å²) in [6, 6.07) is -0.0865. The number of aliphatic carboxylic acids is 1. The van der Waals surface area contributed by atoms with E-state index in [2.05, 4.69) is 5.32 Å². The van der Waals surface area contributed by atoms with Crippen LogP contribution in [0.15, 0.2) is 0 Å². The van der Waals surface area contributed by atoms with Gasteiger partial charge in [-0.2, -0.15) is 0 Å². The van der Waals surface area contributed by atoms with Crippen LogP contribution in [0.1, 0.15) is 33.1 Å². The molecule has 2 heterocycles. The molecule has 2 unspecified atom stereocenters. The van der Waals surface area contributed by atoms with Crippen molar-refractivity contribution >= 4 is 12.0 Å². The van der Waals surface area contributed by atoms with Crippen LogP contribution in [0.2, 0.25) is 0 Å². The molecule has 0 aromatic carbocycles. The van der Waals surface area contributed by atoms with E-state index >= 15 is 0 Å². The van der Waals surface area contributed by atoms with Crippen molar-refractivity contribution in [1.82, 2.24) is 10.2 Å². The number of ether oxygens (including phenoxy) is 1. The van der Waals surface area contributed by atoms with Gasteiger partial charge in [-0.1, -0.05) is 0 Å². The van der Waals surface area contributed by atoms with E-state index < -0.39 is 11.4 Å². The lowest BCUT2D eigenvalue weighted by atomic mass is 9.80. The summed E-state index contributed by atoms with van der Waals surface area (Å²) < 4.78 is 5.47. The highest BCUT2D eigenvalue weighted by atomic mass is 16.5. The molecule has 2 aliphatic rings.